The summed E-state index contributed by atoms with van der Waals surface area (Å²) in [6, 6.07) is 0. The maximum atomic E-state index is 9.94. The summed E-state index contributed by atoms with van der Waals surface area (Å²) in [5.74, 6) is 0. The van der Waals surface area contributed by atoms with E-state index in [2.05, 4.69) is 13.2 Å². The van der Waals surface area contributed by atoms with Gasteiger partial charge in [-0.3, -0.25) is 0 Å². The molecular weight excluding hydrogens is 124 g/mol. The van der Waals surface area contributed by atoms with Crippen LogP contribution in [0.25, 0.3) is 0 Å². The number of carbonyl (C=O) groups is 1. The maximum absolute atomic E-state index is 9.94. The lowest BCUT2D eigenvalue weighted by molar-refractivity contribution is -0.107. The summed E-state index contributed by atoms with van der Waals surface area (Å²) in [7, 11) is 0. The molecule has 54 valence electrons. The van der Waals surface area contributed by atoms with Gasteiger partial charge in [-0.2, -0.15) is 0 Å². The van der Waals surface area contributed by atoms with Gasteiger partial charge >= 0.3 is 0 Å². The molecule has 0 rings (SSSR count). The summed E-state index contributed by atoms with van der Waals surface area (Å²) in [5.41, 5.74) is 1.78. The quantitative estimate of drug-likeness (QED) is 0.428. The summed E-state index contributed by atoms with van der Waals surface area (Å²) < 4.78 is 0. The van der Waals surface area contributed by atoms with Gasteiger partial charge in [0.2, 0.25) is 0 Å². The Kier molecular flexibility index (Phi) is 4.21. The largest absolute Gasteiger partial charge is 0.303 e. The number of allylic oxidation sites excluding steroid dienone is 4. The molecule has 0 aliphatic carbocycles. The van der Waals surface area contributed by atoms with Crippen LogP contribution < -0.4 is 0 Å². The van der Waals surface area contributed by atoms with Crippen LogP contribution in [0.4, 0.5) is 0 Å². The maximum Gasteiger partial charge on any atom is 0.124 e. The van der Waals surface area contributed by atoms with E-state index in [1.165, 1.54) is 0 Å². The number of aldehydes is 1. The van der Waals surface area contributed by atoms with Crippen LogP contribution in [0.2, 0.25) is 0 Å². The lowest BCUT2D eigenvalue weighted by atomic mass is 10.2. The summed E-state index contributed by atoms with van der Waals surface area (Å²) in [5, 5.41) is 0. The molecule has 0 unspecified atom stereocenters. The third-order valence-electron chi connectivity index (χ3n) is 0.949. The summed E-state index contributed by atoms with van der Waals surface area (Å²) >= 11 is 0. The zero-order chi connectivity index (χ0) is 7.98. The Morgan fingerprint density at radius 3 is 2.40 bits per heavy atom. The Balaban J connectivity index is 3.77. The van der Waals surface area contributed by atoms with E-state index in [-0.39, 0.29) is 0 Å². The monoisotopic (exact) mass is 136 g/mol. The van der Waals surface area contributed by atoms with Crippen molar-refractivity contribution in [1.82, 2.24) is 0 Å². The second-order valence-corrected chi connectivity index (χ2v) is 2.21. The molecule has 0 spiro atoms. The zero-order valence-corrected chi connectivity index (χ0v) is 6.26. The Morgan fingerprint density at radius 2 is 2.00 bits per heavy atom. The van der Waals surface area contributed by atoms with Crippen LogP contribution in [0.5, 0.6) is 0 Å². The highest BCUT2D eigenvalue weighted by atomic mass is 16.1. The average Bonchev–Trinajstić information content (AvgIpc) is 1.85. The molecule has 1 nitrogen and oxygen atoms in total. The van der Waals surface area contributed by atoms with Crippen molar-refractivity contribution < 1.29 is 4.79 Å². The minimum Gasteiger partial charge on any atom is -0.303 e. The molecule has 0 aliphatic heterocycles. The molecule has 0 saturated carbocycles. The van der Waals surface area contributed by atoms with E-state index in [4.69, 9.17) is 0 Å². The first-order valence-electron chi connectivity index (χ1n) is 3.12. The van der Waals surface area contributed by atoms with Crippen LogP contribution in [0, 0.1) is 0 Å². The molecule has 1 heteroatoms. The van der Waals surface area contributed by atoms with Crippen molar-refractivity contribution in [3.8, 4) is 0 Å². The van der Waals surface area contributed by atoms with Crippen molar-refractivity contribution in [3.05, 3.63) is 36.5 Å². The molecule has 0 radical (unpaired) electrons. The van der Waals surface area contributed by atoms with Gasteiger partial charge in [0.15, 0.2) is 0 Å². The minimum absolute atomic E-state index is 0.407. The van der Waals surface area contributed by atoms with Crippen LogP contribution in [0.1, 0.15) is 13.3 Å². The fraction of sp³-hybridized carbons (Fsp3) is 0.222. The van der Waals surface area contributed by atoms with Gasteiger partial charge in [0.25, 0.3) is 0 Å². The molecule has 0 heterocycles. The first-order valence-corrected chi connectivity index (χ1v) is 3.12. The van der Waals surface area contributed by atoms with Gasteiger partial charge in [0.1, 0.15) is 6.29 Å². The lowest BCUT2D eigenvalue weighted by Gasteiger charge is -1.89. The van der Waals surface area contributed by atoms with Crippen LogP contribution in [-0.2, 0) is 4.79 Å². The summed E-state index contributed by atoms with van der Waals surface area (Å²) in [6.45, 7) is 9.22. The predicted molar refractivity (Wildman–Crippen MR) is 43.8 cm³/mol. The van der Waals surface area contributed by atoms with E-state index in [1.807, 2.05) is 13.0 Å². The second kappa shape index (κ2) is 4.74. The molecule has 0 fully saturated rings. The zero-order valence-electron chi connectivity index (χ0n) is 6.26. The van der Waals surface area contributed by atoms with Crippen LogP contribution in [-0.4, -0.2) is 6.29 Å². The van der Waals surface area contributed by atoms with Crippen LogP contribution in [0.3, 0.4) is 0 Å². The minimum atomic E-state index is 0.407. The molecule has 0 saturated heterocycles. The normalized spacial score (nSPS) is 9.70. The molecule has 0 aromatic heterocycles. The van der Waals surface area contributed by atoms with Gasteiger partial charge in [-0.25, -0.2) is 0 Å². The molecule has 0 aliphatic rings. The fourth-order valence-electron chi connectivity index (χ4n) is 0.435. The van der Waals surface area contributed by atoms with Gasteiger partial charge in [-0.05, 0) is 12.5 Å². The van der Waals surface area contributed by atoms with Gasteiger partial charge in [0.05, 0.1) is 0 Å². The Hall–Kier alpha value is -1.11. The van der Waals surface area contributed by atoms with Crippen molar-refractivity contribution in [2.24, 2.45) is 0 Å². The lowest BCUT2D eigenvalue weighted by Crippen LogP contribution is -1.76. The number of hydrogen-bond donors (Lipinski definition) is 0. The van der Waals surface area contributed by atoms with Gasteiger partial charge < -0.3 is 4.79 Å². The van der Waals surface area contributed by atoms with E-state index in [1.54, 1.807) is 6.08 Å². The fourth-order valence-corrected chi connectivity index (χ4v) is 0.435. The van der Waals surface area contributed by atoms with E-state index >= 15 is 0 Å². The first-order chi connectivity index (χ1) is 4.66. The Morgan fingerprint density at radius 1 is 1.40 bits per heavy atom. The number of rotatable bonds is 4. The first kappa shape index (κ1) is 8.89. The standard InChI is InChI=1S/C9H12O/c1-8(2)4-5-9(3)6-7-10/h4-5,7H,1,3,6H2,2H3/b5-4-. The second-order valence-electron chi connectivity index (χ2n) is 2.21. The van der Waals surface area contributed by atoms with Crippen molar-refractivity contribution >= 4 is 6.29 Å². The van der Waals surface area contributed by atoms with Crippen molar-refractivity contribution in [2.75, 3.05) is 0 Å². The molecule has 0 aromatic carbocycles. The Bertz CT molecular complexity index is 175. The third-order valence-corrected chi connectivity index (χ3v) is 0.949. The molecule has 0 aromatic rings. The van der Waals surface area contributed by atoms with Crippen LogP contribution in [0.15, 0.2) is 36.5 Å². The van der Waals surface area contributed by atoms with Gasteiger partial charge in [-0.1, -0.05) is 30.9 Å². The topological polar surface area (TPSA) is 17.1 Å². The Labute approximate surface area is 61.8 Å². The smallest absolute Gasteiger partial charge is 0.124 e. The highest BCUT2D eigenvalue weighted by molar-refractivity contribution is 5.55. The van der Waals surface area contributed by atoms with Crippen molar-refractivity contribution in [3.63, 3.8) is 0 Å². The summed E-state index contributed by atoms with van der Waals surface area (Å²) in [4.78, 5) is 9.94. The molecule has 0 atom stereocenters. The van der Waals surface area contributed by atoms with Crippen LogP contribution >= 0.6 is 0 Å². The molecule has 10 heavy (non-hydrogen) atoms. The van der Waals surface area contributed by atoms with E-state index < -0.39 is 0 Å². The molecular formula is C9H12O. The summed E-state index contributed by atoms with van der Waals surface area (Å²) in [6.07, 6.45) is 4.89. The van der Waals surface area contributed by atoms with E-state index in [0.29, 0.717) is 6.42 Å². The van der Waals surface area contributed by atoms with Crippen molar-refractivity contribution in [2.45, 2.75) is 13.3 Å². The highest BCUT2D eigenvalue weighted by Gasteiger charge is 1.83. The number of carbonyl (C=O) groups excluding carboxylic acids is 1. The number of hydrogen-bond acceptors (Lipinski definition) is 1. The van der Waals surface area contributed by atoms with E-state index in [9.17, 15) is 4.79 Å². The van der Waals surface area contributed by atoms with Gasteiger partial charge in [0, 0.05) is 6.42 Å². The van der Waals surface area contributed by atoms with Crippen molar-refractivity contribution in [1.29, 1.82) is 0 Å². The molecule has 0 bridgehead atoms. The third kappa shape index (κ3) is 5.04. The van der Waals surface area contributed by atoms with E-state index in [0.717, 1.165) is 17.4 Å². The predicted octanol–water partition coefficient (Wildman–Crippen LogP) is 2.26. The van der Waals surface area contributed by atoms with Gasteiger partial charge in [-0.15, -0.1) is 0 Å². The highest BCUT2D eigenvalue weighted by Crippen LogP contribution is 1.99. The molecule has 0 N–H and O–H groups in total. The average molecular weight is 136 g/mol. The molecule has 0 amide bonds. The SMILES string of the molecule is C=C(C)/C=C\C(=C)CC=O.